The van der Waals surface area contributed by atoms with Crippen molar-refractivity contribution in [3.05, 3.63) is 17.0 Å². The lowest BCUT2D eigenvalue weighted by Gasteiger charge is -2.01. The maximum atomic E-state index is 5.59. The predicted molar refractivity (Wildman–Crippen MR) is 43.7 cm³/mol. The number of alkyl halides is 2. The lowest BCUT2D eigenvalue weighted by Crippen LogP contribution is -2.02. The minimum Gasteiger partial charge on any atom is -0.134 e. The second-order valence-corrected chi connectivity index (χ2v) is 2.61. The summed E-state index contributed by atoms with van der Waals surface area (Å²) in [6, 6.07) is 0. The van der Waals surface area contributed by atoms with E-state index in [2.05, 4.69) is 15.4 Å². The first-order chi connectivity index (χ1) is 5.29. The molecule has 1 aromatic heterocycles. The quantitative estimate of drug-likeness (QED) is 0.668. The monoisotopic (exact) mass is 191 g/mol. The molecular weight excluding hydrogens is 185 g/mol. The lowest BCUT2D eigenvalue weighted by molar-refractivity contribution is 0.791. The molecule has 0 atom stereocenters. The van der Waals surface area contributed by atoms with Crippen molar-refractivity contribution in [2.75, 3.05) is 0 Å². The fourth-order valence-corrected chi connectivity index (χ4v) is 1.21. The third-order valence-corrected chi connectivity index (χ3v) is 1.96. The molecule has 0 unspecified atom stereocenters. The molecule has 0 radical (unpaired) electrons. The van der Waals surface area contributed by atoms with Gasteiger partial charge < -0.3 is 0 Å². The number of halogens is 2. The van der Waals surface area contributed by atoms with E-state index in [0.29, 0.717) is 11.8 Å². The Kier molecular flexibility index (Phi) is 3.02. The van der Waals surface area contributed by atoms with Crippen molar-refractivity contribution >= 4 is 23.2 Å². The van der Waals surface area contributed by atoms with Gasteiger partial charge in [-0.15, -0.1) is 33.4 Å². The van der Waals surface area contributed by atoms with Crippen LogP contribution in [0.15, 0.2) is 0 Å². The molecule has 11 heavy (non-hydrogen) atoms. The van der Waals surface area contributed by atoms with Gasteiger partial charge in [0.2, 0.25) is 0 Å². The number of nitrogens with zero attached hydrogens (tertiary/aromatic N) is 3. The van der Waals surface area contributed by atoms with Crippen molar-refractivity contribution in [1.82, 2.24) is 15.4 Å². The molecule has 0 aliphatic rings. The van der Waals surface area contributed by atoms with Gasteiger partial charge in [-0.1, -0.05) is 0 Å². The Hall–Kier alpha value is -0.410. The molecule has 1 heterocycles. The van der Waals surface area contributed by atoms with Gasteiger partial charge in [0.25, 0.3) is 0 Å². The van der Waals surface area contributed by atoms with Gasteiger partial charge in [0.05, 0.1) is 23.1 Å². The van der Waals surface area contributed by atoms with Crippen molar-refractivity contribution in [1.29, 1.82) is 0 Å². The summed E-state index contributed by atoms with van der Waals surface area (Å²) in [6.45, 7) is 1.89. The zero-order valence-corrected chi connectivity index (χ0v) is 7.52. The van der Waals surface area contributed by atoms with Crippen molar-refractivity contribution in [2.24, 2.45) is 0 Å². The first-order valence-electron chi connectivity index (χ1n) is 3.09. The highest BCUT2D eigenvalue weighted by molar-refractivity contribution is 6.17. The van der Waals surface area contributed by atoms with Gasteiger partial charge in [0.1, 0.15) is 0 Å². The number of hydrogen-bond acceptors (Lipinski definition) is 3. The molecule has 0 spiro atoms. The Balaban J connectivity index is 3.10. The highest BCUT2D eigenvalue weighted by Gasteiger charge is 2.04. The van der Waals surface area contributed by atoms with Crippen LogP contribution in [0.2, 0.25) is 0 Å². The SMILES string of the molecule is Cc1c(CCl)nnnc1CCl. The summed E-state index contributed by atoms with van der Waals surface area (Å²) in [5.74, 6) is 0.705. The van der Waals surface area contributed by atoms with Crippen molar-refractivity contribution in [2.45, 2.75) is 18.7 Å². The smallest absolute Gasteiger partial charge is 0.0844 e. The average Bonchev–Trinajstić information content (AvgIpc) is 2.05. The molecule has 60 valence electrons. The molecule has 0 aliphatic heterocycles. The fraction of sp³-hybridized carbons (Fsp3) is 0.500. The highest BCUT2D eigenvalue weighted by atomic mass is 35.5. The third-order valence-electron chi connectivity index (χ3n) is 1.45. The van der Waals surface area contributed by atoms with Gasteiger partial charge in [-0.2, -0.15) is 0 Å². The van der Waals surface area contributed by atoms with Crippen LogP contribution in [0.4, 0.5) is 0 Å². The summed E-state index contributed by atoms with van der Waals surface area (Å²) in [4.78, 5) is 0. The van der Waals surface area contributed by atoms with E-state index >= 15 is 0 Å². The molecule has 1 rings (SSSR count). The zero-order valence-electron chi connectivity index (χ0n) is 6.01. The van der Waals surface area contributed by atoms with Crippen LogP contribution >= 0.6 is 23.2 Å². The van der Waals surface area contributed by atoms with E-state index in [0.717, 1.165) is 17.0 Å². The van der Waals surface area contributed by atoms with Crippen molar-refractivity contribution in [3.8, 4) is 0 Å². The van der Waals surface area contributed by atoms with Crippen LogP contribution in [-0.4, -0.2) is 15.4 Å². The standard InChI is InChI=1S/C6H7Cl2N3/c1-4-5(2-7)9-11-10-6(4)3-8/h2-3H2,1H3. The molecule has 0 aromatic carbocycles. The molecular formula is C6H7Cl2N3. The van der Waals surface area contributed by atoms with Crippen LogP contribution in [0.1, 0.15) is 17.0 Å². The van der Waals surface area contributed by atoms with Crippen molar-refractivity contribution in [3.63, 3.8) is 0 Å². The first kappa shape index (κ1) is 8.68. The summed E-state index contributed by atoms with van der Waals surface area (Å²) in [6.07, 6.45) is 0. The van der Waals surface area contributed by atoms with Gasteiger partial charge in [-0.05, 0) is 17.7 Å². The van der Waals surface area contributed by atoms with Crippen LogP contribution in [-0.2, 0) is 11.8 Å². The van der Waals surface area contributed by atoms with Gasteiger partial charge in [-0.25, -0.2) is 0 Å². The van der Waals surface area contributed by atoms with Gasteiger partial charge in [-0.3, -0.25) is 0 Å². The Morgan fingerprint density at radius 3 is 1.91 bits per heavy atom. The Morgan fingerprint density at radius 1 is 1.09 bits per heavy atom. The normalized spacial score (nSPS) is 10.1. The number of aromatic nitrogens is 3. The summed E-state index contributed by atoms with van der Waals surface area (Å²) >= 11 is 11.2. The lowest BCUT2D eigenvalue weighted by atomic mass is 10.2. The first-order valence-corrected chi connectivity index (χ1v) is 4.16. The molecule has 1 aromatic rings. The molecule has 0 saturated carbocycles. The van der Waals surface area contributed by atoms with Gasteiger partial charge >= 0.3 is 0 Å². The zero-order chi connectivity index (χ0) is 8.27. The van der Waals surface area contributed by atoms with Crippen molar-refractivity contribution < 1.29 is 0 Å². The third kappa shape index (κ3) is 1.79. The second kappa shape index (κ2) is 3.83. The minimum atomic E-state index is 0.352. The maximum Gasteiger partial charge on any atom is 0.0844 e. The molecule has 0 bridgehead atoms. The van der Waals surface area contributed by atoms with E-state index in [4.69, 9.17) is 23.2 Å². The molecule has 0 N–H and O–H groups in total. The number of rotatable bonds is 2. The minimum absolute atomic E-state index is 0.352. The Labute approximate surface area is 74.7 Å². The van der Waals surface area contributed by atoms with Crippen LogP contribution in [0.3, 0.4) is 0 Å². The van der Waals surface area contributed by atoms with Crippen LogP contribution in [0.25, 0.3) is 0 Å². The summed E-state index contributed by atoms with van der Waals surface area (Å²) < 4.78 is 0. The van der Waals surface area contributed by atoms with Crippen LogP contribution < -0.4 is 0 Å². The van der Waals surface area contributed by atoms with Gasteiger partial charge in [0, 0.05) is 0 Å². The highest BCUT2D eigenvalue weighted by Crippen LogP contribution is 2.10. The Morgan fingerprint density at radius 2 is 1.55 bits per heavy atom. The number of hydrogen-bond donors (Lipinski definition) is 0. The van der Waals surface area contributed by atoms with E-state index in [1.165, 1.54) is 0 Å². The van der Waals surface area contributed by atoms with E-state index in [1.54, 1.807) is 0 Å². The molecule has 0 aliphatic carbocycles. The van der Waals surface area contributed by atoms with Crippen LogP contribution in [0, 0.1) is 6.92 Å². The van der Waals surface area contributed by atoms with E-state index in [1.807, 2.05) is 6.92 Å². The topological polar surface area (TPSA) is 38.7 Å². The molecule has 3 nitrogen and oxygen atoms in total. The van der Waals surface area contributed by atoms with E-state index < -0.39 is 0 Å². The molecule has 5 heteroatoms. The maximum absolute atomic E-state index is 5.59. The average molecular weight is 192 g/mol. The largest absolute Gasteiger partial charge is 0.134 e. The summed E-state index contributed by atoms with van der Waals surface area (Å²) in [5.41, 5.74) is 2.43. The fourth-order valence-electron chi connectivity index (χ4n) is 0.701. The van der Waals surface area contributed by atoms with Crippen LogP contribution in [0.5, 0.6) is 0 Å². The van der Waals surface area contributed by atoms with Gasteiger partial charge in [0.15, 0.2) is 0 Å². The summed E-state index contributed by atoms with van der Waals surface area (Å²) in [5, 5.41) is 11.0. The molecule has 0 amide bonds. The van der Waals surface area contributed by atoms with E-state index in [9.17, 15) is 0 Å². The second-order valence-electron chi connectivity index (χ2n) is 2.08. The Bertz CT molecular complexity index is 229. The predicted octanol–water partition coefficient (Wildman–Crippen LogP) is 1.66. The summed E-state index contributed by atoms with van der Waals surface area (Å²) in [7, 11) is 0. The van der Waals surface area contributed by atoms with E-state index in [-0.39, 0.29) is 0 Å². The molecule has 0 fully saturated rings. The molecule has 0 saturated heterocycles.